The van der Waals surface area contributed by atoms with E-state index in [2.05, 4.69) is 20.6 Å². The molecule has 1 fully saturated rings. The van der Waals surface area contributed by atoms with Gasteiger partial charge in [-0.3, -0.25) is 9.69 Å². The smallest absolute Gasteiger partial charge is 0.319 e. The molecule has 0 atom stereocenters. The van der Waals surface area contributed by atoms with Crippen molar-refractivity contribution in [1.82, 2.24) is 5.32 Å². The van der Waals surface area contributed by atoms with Gasteiger partial charge in [-0.1, -0.05) is 6.42 Å². The minimum absolute atomic E-state index is 0.0575. The van der Waals surface area contributed by atoms with E-state index in [1.807, 2.05) is 17.0 Å². The topological polar surface area (TPSA) is 158 Å². The van der Waals surface area contributed by atoms with Crippen molar-refractivity contribution in [2.24, 2.45) is 21.5 Å². The summed E-state index contributed by atoms with van der Waals surface area (Å²) < 4.78 is 0. The number of guanidine groups is 2. The lowest BCUT2D eigenvalue weighted by Gasteiger charge is -2.45. The predicted molar refractivity (Wildman–Crippen MR) is 107 cm³/mol. The molecule has 1 heterocycles. The van der Waals surface area contributed by atoms with Gasteiger partial charge in [0.2, 0.25) is 11.9 Å². The van der Waals surface area contributed by atoms with Gasteiger partial charge in [-0.25, -0.2) is 9.79 Å². The molecule has 3 rings (SSSR count). The van der Waals surface area contributed by atoms with Crippen molar-refractivity contribution in [2.45, 2.75) is 44.2 Å². The first-order valence-electron chi connectivity index (χ1n) is 9.26. The fourth-order valence-electron chi connectivity index (χ4n) is 3.65. The Labute approximate surface area is 162 Å². The second-order valence-corrected chi connectivity index (χ2v) is 6.89. The third-order valence-corrected chi connectivity index (χ3v) is 4.86. The van der Waals surface area contributed by atoms with Gasteiger partial charge in [0.15, 0.2) is 0 Å². The highest BCUT2D eigenvalue weighted by Gasteiger charge is 2.42. The van der Waals surface area contributed by atoms with E-state index in [1.165, 1.54) is 0 Å². The SMILES string of the molecule is NC1=NC2(CCCCC2)N(c2ccc(NC(=O)NCCC(=O)O)cc2)C(N)=N1. The number of carbonyl (C=O) groups excluding carboxylic acids is 1. The number of rotatable bonds is 5. The lowest BCUT2D eigenvalue weighted by Crippen LogP contribution is -2.58. The number of urea groups is 1. The van der Waals surface area contributed by atoms with Crippen LogP contribution >= 0.6 is 0 Å². The van der Waals surface area contributed by atoms with E-state index < -0.39 is 17.7 Å². The third kappa shape index (κ3) is 4.33. The Morgan fingerprint density at radius 2 is 1.82 bits per heavy atom. The van der Waals surface area contributed by atoms with Crippen LogP contribution in [0.1, 0.15) is 38.5 Å². The zero-order valence-corrected chi connectivity index (χ0v) is 15.5. The average Bonchev–Trinajstić information content (AvgIpc) is 2.63. The monoisotopic (exact) mass is 387 g/mol. The summed E-state index contributed by atoms with van der Waals surface area (Å²) in [5.41, 5.74) is 12.9. The van der Waals surface area contributed by atoms with Gasteiger partial charge in [0.05, 0.1) is 6.42 Å². The highest BCUT2D eigenvalue weighted by atomic mass is 16.4. The summed E-state index contributed by atoms with van der Waals surface area (Å²) >= 11 is 0. The van der Waals surface area contributed by atoms with Crippen LogP contribution < -0.4 is 27.0 Å². The van der Waals surface area contributed by atoms with E-state index >= 15 is 0 Å². The van der Waals surface area contributed by atoms with E-state index in [1.54, 1.807) is 12.1 Å². The van der Waals surface area contributed by atoms with Crippen LogP contribution in [0.4, 0.5) is 16.2 Å². The number of nitrogens with zero attached hydrogens (tertiary/aromatic N) is 3. The predicted octanol–water partition coefficient (Wildman–Crippen LogP) is 1.39. The normalized spacial score (nSPS) is 18.2. The van der Waals surface area contributed by atoms with Gasteiger partial charge in [-0.15, -0.1) is 0 Å². The average molecular weight is 387 g/mol. The molecule has 10 nitrogen and oxygen atoms in total. The van der Waals surface area contributed by atoms with Crippen LogP contribution in [0.3, 0.4) is 0 Å². The Bertz CT molecular complexity index is 798. The van der Waals surface area contributed by atoms with Crippen molar-refractivity contribution >= 4 is 35.3 Å². The number of aliphatic carboxylic acids is 1. The van der Waals surface area contributed by atoms with Gasteiger partial charge in [-0.2, -0.15) is 4.99 Å². The first-order chi connectivity index (χ1) is 13.4. The lowest BCUT2D eigenvalue weighted by atomic mass is 9.87. The third-order valence-electron chi connectivity index (χ3n) is 4.86. The Kier molecular flexibility index (Phi) is 5.67. The summed E-state index contributed by atoms with van der Waals surface area (Å²) in [6, 6.07) is 6.70. The number of carboxylic acid groups (broad SMARTS) is 1. The fraction of sp³-hybridized carbons (Fsp3) is 0.444. The van der Waals surface area contributed by atoms with Crippen molar-refractivity contribution in [1.29, 1.82) is 0 Å². The zero-order chi connectivity index (χ0) is 20.1. The molecule has 1 aromatic carbocycles. The summed E-state index contributed by atoms with van der Waals surface area (Å²) in [5.74, 6) is -0.459. The number of amides is 2. The largest absolute Gasteiger partial charge is 0.481 e. The maximum atomic E-state index is 11.8. The summed E-state index contributed by atoms with van der Waals surface area (Å²) in [5, 5.41) is 13.8. The molecule has 28 heavy (non-hydrogen) atoms. The fourth-order valence-corrected chi connectivity index (χ4v) is 3.65. The molecule has 7 N–H and O–H groups in total. The summed E-state index contributed by atoms with van der Waals surface area (Å²) in [4.78, 5) is 33.0. The van der Waals surface area contributed by atoms with Crippen molar-refractivity contribution in [3.8, 4) is 0 Å². The molecule has 0 radical (unpaired) electrons. The van der Waals surface area contributed by atoms with Crippen molar-refractivity contribution in [2.75, 3.05) is 16.8 Å². The van der Waals surface area contributed by atoms with E-state index in [9.17, 15) is 9.59 Å². The van der Waals surface area contributed by atoms with E-state index in [0.717, 1.165) is 37.8 Å². The number of carboxylic acids is 1. The van der Waals surface area contributed by atoms with Gasteiger partial charge in [0.1, 0.15) is 5.66 Å². The molecule has 0 saturated heterocycles. The lowest BCUT2D eigenvalue weighted by molar-refractivity contribution is -0.136. The Hall–Kier alpha value is -3.30. The highest BCUT2D eigenvalue weighted by molar-refractivity contribution is 6.05. The van der Waals surface area contributed by atoms with Crippen LogP contribution in [0.2, 0.25) is 0 Å². The Morgan fingerprint density at radius 1 is 1.14 bits per heavy atom. The number of hydrogen-bond donors (Lipinski definition) is 5. The molecule has 150 valence electrons. The molecule has 0 bridgehead atoms. The Morgan fingerprint density at radius 3 is 2.46 bits per heavy atom. The second kappa shape index (κ2) is 8.15. The summed E-state index contributed by atoms with van der Waals surface area (Å²) in [6.07, 6.45) is 4.78. The van der Waals surface area contributed by atoms with Crippen LogP contribution in [-0.2, 0) is 4.79 Å². The number of nitrogens with two attached hydrogens (primary N) is 2. The number of benzene rings is 1. The number of hydrogen-bond acceptors (Lipinski definition) is 7. The van der Waals surface area contributed by atoms with Crippen LogP contribution in [0.15, 0.2) is 34.3 Å². The van der Waals surface area contributed by atoms with Gasteiger partial charge >= 0.3 is 12.0 Å². The van der Waals surface area contributed by atoms with E-state index in [0.29, 0.717) is 11.6 Å². The van der Waals surface area contributed by atoms with Crippen molar-refractivity contribution in [3.05, 3.63) is 24.3 Å². The van der Waals surface area contributed by atoms with Crippen LogP contribution in [0.5, 0.6) is 0 Å². The van der Waals surface area contributed by atoms with Crippen LogP contribution in [0.25, 0.3) is 0 Å². The molecule has 2 aliphatic rings. The molecule has 1 saturated carbocycles. The van der Waals surface area contributed by atoms with Crippen LogP contribution in [0, 0.1) is 0 Å². The van der Waals surface area contributed by atoms with Crippen LogP contribution in [-0.4, -0.2) is 41.2 Å². The molecule has 0 unspecified atom stereocenters. The molecule has 0 aromatic heterocycles. The molecule has 1 aromatic rings. The molecular formula is C18H25N7O3. The first-order valence-corrected chi connectivity index (χ1v) is 9.26. The van der Waals surface area contributed by atoms with Gasteiger partial charge in [-0.05, 0) is 49.9 Å². The molecule has 1 aliphatic heterocycles. The van der Waals surface area contributed by atoms with E-state index in [-0.39, 0.29) is 18.9 Å². The molecular weight excluding hydrogens is 362 g/mol. The Balaban J connectivity index is 1.72. The highest BCUT2D eigenvalue weighted by Crippen LogP contribution is 2.39. The minimum Gasteiger partial charge on any atom is -0.481 e. The standard InChI is InChI=1S/C18H25N7O3/c19-15-23-16(20)25(18(24-15)9-2-1-3-10-18)13-6-4-12(5-7-13)22-17(28)21-11-8-14(26)27/h4-7H,1-3,8-11H2,(H,26,27)(H2,21,22,28)(H4,19,20,23,24). The first kappa shape index (κ1) is 19.5. The summed E-state index contributed by atoms with van der Waals surface area (Å²) in [6.45, 7) is 0.0575. The molecule has 1 spiro atoms. The van der Waals surface area contributed by atoms with Gasteiger partial charge in [0.25, 0.3) is 0 Å². The second-order valence-electron chi connectivity index (χ2n) is 6.89. The molecule has 2 amide bonds. The zero-order valence-electron chi connectivity index (χ0n) is 15.5. The molecule has 10 heteroatoms. The number of aliphatic imine (C=N–C) groups is 2. The summed E-state index contributed by atoms with van der Waals surface area (Å²) in [7, 11) is 0. The maximum Gasteiger partial charge on any atom is 0.319 e. The number of carbonyl (C=O) groups is 2. The van der Waals surface area contributed by atoms with Crippen molar-refractivity contribution in [3.63, 3.8) is 0 Å². The number of anilines is 2. The quantitative estimate of drug-likeness (QED) is 0.513. The van der Waals surface area contributed by atoms with E-state index in [4.69, 9.17) is 16.6 Å². The van der Waals surface area contributed by atoms with Crippen molar-refractivity contribution < 1.29 is 14.7 Å². The van der Waals surface area contributed by atoms with Gasteiger partial charge in [0, 0.05) is 17.9 Å². The number of nitrogens with one attached hydrogen (secondary N) is 2. The molecule has 1 aliphatic carbocycles. The van der Waals surface area contributed by atoms with Gasteiger partial charge < -0.3 is 27.2 Å². The maximum absolute atomic E-state index is 11.8. The minimum atomic E-state index is -0.967.